The molecule has 0 spiro atoms. The summed E-state index contributed by atoms with van der Waals surface area (Å²) in [5, 5.41) is 9.76. The number of hydrogen-bond donors (Lipinski definition) is 1. The van der Waals surface area contributed by atoms with Crippen LogP contribution < -0.4 is 5.32 Å². The lowest BCUT2D eigenvalue weighted by molar-refractivity contribution is 0.0300. The number of morpholine rings is 1. The molecular formula is C22H21ClN6O2. The summed E-state index contributed by atoms with van der Waals surface area (Å²) >= 11 is 6.49. The molecule has 3 aromatic heterocycles. The van der Waals surface area contributed by atoms with E-state index in [-0.39, 0.29) is 11.9 Å². The van der Waals surface area contributed by atoms with Crippen LogP contribution in [0, 0.1) is 0 Å². The summed E-state index contributed by atoms with van der Waals surface area (Å²) in [6.07, 6.45) is 5.21. The van der Waals surface area contributed by atoms with Gasteiger partial charge in [0.05, 0.1) is 41.9 Å². The molecule has 0 unspecified atom stereocenters. The number of carbonyl (C=O) groups excluding carboxylic acids is 1. The molecule has 1 aromatic carbocycles. The minimum atomic E-state index is -0.178. The molecule has 1 amide bonds. The average Bonchev–Trinajstić information content (AvgIpc) is 3.28. The van der Waals surface area contributed by atoms with E-state index in [1.54, 1.807) is 34.1 Å². The van der Waals surface area contributed by atoms with Gasteiger partial charge in [-0.15, -0.1) is 0 Å². The van der Waals surface area contributed by atoms with Gasteiger partial charge in [0.25, 0.3) is 5.91 Å². The monoisotopic (exact) mass is 436 g/mol. The van der Waals surface area contributed by atoms with Crippen molar-refractivity contribution >= 4 is 39.6 Å². The van der Waals surface area contributed by atoms with Crippen LogP contribution in [0.5, 0.6) is 0 Å². The van der Waals surface area contributed by atoms with Gasteiger partial charge in [-0.3, -0.25) is 4.79 Å². The third-order valence-corrected chi connectivity index (χ3v) is 5.75. The highest BCUT2D eigenvalue weighted by Gasteiger charge is 2.24. The molecule has 158 valence electrons. The molecule has 1 atom stereocenters. The Labute approximate surface area is 183 Å². The Balaban J connectivity index is 1.55. The Hall–Kier alpha value is -3.23. The van der Waals surface area contributed by atoms with E-state index in [4.69, 9.17) is 21.3 Å². The molecule has 1 N–H and O–H groups in total. The lowest BCUT2D eigenvalue weighted by atomic mass is 10.0. The molecule has 5 rings (SSSR count). The second-order valence-electron chi connectivity index (χ2n) is 7.44. The van der Waals surface area contributed by atoms with Crippen molar-refractivity contribution in [3.63, 3.8) is 0 Å². The first-order chi connectivity index (χ1) is 15.1. The molecular weight excluding hydrogens is 416 g/mol. The van der Waals surface area contributed by atoms with Gasteiger partial charge < -0.3 is 15.0 Å². The molecule has 0 radical (unpaired) electrons. The quantitative estimate of drug-likeness (QED) is 0.526. The first-order valence-corrected chi connectivity index (χ1v) is 10.5. The van der Waals surface area contributed by atoms with Crippen LogP contribution in [0.3, 0.4) is 0 Å². The Morgan fingerprint density at radius 3 is 2.90 bits per heavy atom. The van der Waals surface area contributed by atoms with Gasteiger partial charge in [0.15, 0.2) is 5.65 Å². The summed E-state index contributed by atoms with van der Waals surface area (Å²) in [6.45, 7) is 4.13. The molecule has 1 aliphatic heterocycles. The standard InChI is InChI=1S/C22H21ClN6O2/c1-14(26-17-5-6-25-29-8-7-24-21(17)29)18-13-15-3-2-4-16(23)19(15)20(27-18)22(30)28-9-11-31-12-10-28/h2-8,13-14,26H,9-12H2,1H3/t14-/m0/s1. The number of amides is 1. The minimum absolute atomic E-state index is 0.130. The van der Waals surface area contributed by atoms with Crippen molar-refractivity contribution in [3.05, 3.63) is 65.3 Å². The zero-order valence-electron chi connectivity index (χ0n) is 17.0. The molecule has 0 saturated carbocycles. The van der Waals surface area contributed by atoms with E-state index in [0.717, 1.165) is 22.4 Å². The first-order valence-electron chi connectivity index (χ1n) is 10.1. The molecule has 9 heteroatoms. The fourth-order valence-electron chi connectivity index (χ4n) is 3.84. The van der Waals surface area contributed by atoms with Crippen molar-refractivity contribution in [1.82, 2.24) is 24.5 Å². The summed E-state index contributed by atoms with van der Waals surface area (Å²) < 4.78 is 7.09. The van der Waals surface area contributed by atoms with E-state index >= 15 is 0 Å². The van der Waals surface area contributed by atoms with Gasteiger partial charge in [0.1, 0.15) is 5.69 Å². The van der Waals surface area contributed by atoms with E-state index in [1.807, 2.05) is 31.2 Å². The van der Waals surface area contributed by atoms with E-state index in [9.17, 15) is 4.79 Å². The lowest BCUT2D eigenvalue weighted by Gasteiger charge is -2.27. The Morgan fingerprint density at radius 1 is 1.23 bits per heavy atom. The van der Waals surface area contributed by atoms with E-state index in [1.165, 1.54) is 0 Å². The number of fused-ring (bicyclic) bond motifs is 2. The fraction of sp³-hybridized carbons (Fsp3) is 0.273. The number of halogens is 1. The van der Waals surface area contributed by atoms with Crippen molar-refractivity contribution in [2.45, 2.75) is 13.0 Å². The molecule has 0 aliphatic carbocycles. The Kier molecular flexibility index (Phi) is 5.17. The number of aromatic nitrogens is 4. The zero-order chi connectivity index (χ0) is 21.4. The number of ether oxygens (including phenoxy) is 1. The third-order valence-electron chi connectivity index (χ3n) is 5.44. The topological polar surface area (TPSA) is 84.7 Å². The number of pyridine rings is 1. The highest BCUT2D eigenvalue weighted by molar-refractivity contribution is 6.36. The normalized spacial score (nSPS) is 15.4. The maximum Gasteiger partial charge on any atom is 0.273 e. The summed E-state index contributed by atoms with van der Waals surface area (Å²) in [6, 6.07) is 9.29. The van der Waals surface area contributed by atoms with Crippen molar-refractivity contribution in [2.24, 2.45) is 0 Å². The van der Waals surface area contributed by atoms with Crippen LogP contribution in [0.4, 0.5) is 5.69 Å². The SMILES string of the molecule is C[C@H](Nc1ccnn2ccnc12)c1cc2cccc(Cl)c2c(C(=O)N2CCOCC2)n1. The smallest absolute Gasteiger partial charge is 0.273 e. The minimum Gasteiger partial charge on any atom is -0.378 e. The first kappa shape index (κ1) is 19.7. The van der Waals surface area contributed by atoms with Crippen LogP contribution in [0.25, 0.3) is 16.4 Å². The number of hydrogen-bond acceptors (Lipinski definition) is 6. The number of rotatable bonds is 4. The third kappa shape index (κ3) is 3.68. The second-order valence-corrected chi connectivity index (χ2v) is 7.85. The van der Waals surface area contributed by atoms with Gasteiger partial charge in [-0.1, -0.05) is 23.7 Å². The number of carbonyl (C=O) groups is 1. The predicted molar refractivity (Wildman–Crippen MR) is 119 cm³/mol. The maximum atomic E-state index is 13.3. The highest BCUT2D eigenvalue weighted by Crippen LogP contribution is 2.30. The molecule has 8 nitrogen and oxygen atoms in total. The molecule has 1 fully saturated rings. The molecule has 1 aliphatic rings. The number of benzene rings is 1. The Bertz CT molecular complexity index is 1270. The van der Waals surface area contributed by atoms with Crippen LogP contribution in [-0.4, -0.2) is 56.7 Å². The lowest BCUT2D eigenvalue weighted by Crippen LogP contribution is -2.41. The predicted octanol–water partition coefficient (Wildman–Crippen LogP) is 3.58. The van der Waals surface area contributed by atoms with Crippen LogP contribution in [0.15, 0.2) is 48.9 Å². The van der Waals surface area contributed by atoms with Crippen LogP contribution in [-0.2, 0) is 4.74 Å². The van der Waals surface area contributed by atoms with Gasteiger partial charge in [0.2, 0.25) is 0 Å². The van der Waals surface area contributed by atoms with Gasteiger partial charge in [-0.2, -0.15) is 5.10 Å². The van der Waals surface area contributed by atoms with E-state index in [0.29, 0.717) is 42.4 Å². The number of imidazole rings is 1. The highest BCUT2D eigenvalue weighted by atomic mass is 35.5. The van der Waals surface area contributed by atoms with Gasteiger partial charge in [0, 0.05) is 30.9 Å². The number of nitrogens with one attached hydrogen (secondary N) is 1. The molecule has 4 aromatic rings. The van der Waals surface area contributed by atoms with Gasteiger partial charge in [-0.25, -0.2) is 14.5 Å². The van der Waals surface area contributed by atoms with E-state index < -0.39 is 0 Å². The molecule has 31 heavy (non-hydrogen) atoms. The largest absolute Gasteiger partial charge is 0.378 e. The van der Waals surface area contributed by atoms with Crippen LogP contribution in [0.2, 0.25) is 5.02 Å². The fourth-order valence-corrected chi connectivity index (χ4v) is 4.11. The summed E-state index contributed by atoms with van der Waals surface area (Å²) in [4.78, 5) is 24.3. The number of nitrogens with zero attached hydrogens (tertiary/aromatic N) is 5. The second kappa shape index (κ2) is 8.13. The summed E-state index contributed by atoms with van der Waals surface area (Å²) in [5.41, 5.74) is 2.67. The van der Waals surface area contributed by atoms with Crippen molar-refractivity contribution in [3.8, 4) is 0 Å². The van der Waals surface area contributed by atoms with Crippen LogP contribution in [0.1, 0.15) is 29.1 Å². The zero-order valence-corrected chi connectivity index (χ0v) is 17.7. The summed E-state index contributed by atoms with van der Waals surface area (Å²) in [5.74, 6) is -0.130. The van der Waals surface area contributed by atoms with Crippen molar-refractivity contribution in [2.75, 3.05) is 31.6 Å². The average molecular weight is 437 g/mol. The maximum absolute atomic E-state index is 13.3. The van der Waals surface area contributed by atoms with Crippen molar-refractivity contribution < 1.29 is 9.53 Å². The Morgan fingerprint density at radius 2 is 2.06 bits per heavy atom. The van der Waals surface area contributed by atoms with Crippen molar-refractivity contribution in [1.29, 1.82) is 0 Å². The number of anilines is 1. The van der Waals surface area contributed by atoms with Crippen LogP contribution >= 0.6 is 11.6 Å². The molecule has 4 heterocycles. The van der Waals surface area contributed by atoms with E-state index in [2.05, 4.69) is 15.4 Å². The summed E-state index contributed by atoms with van der Waals surface area (Å²) in [7, 11) is 0. The van der Waals surface area contributed by atoms with Gasteiger partial charge in [-0.05, 0) is 30.5 Å². The molecule has 0 bridgehead atoms. The van der Waals surface area contributed by atoms with Gasteiger partial charge >= 0.3 is 0 Å². The molecule has 1 saturated heterocycles.